The van der Waals surface area contributed by atoms with Gasteiger partial charge in [0.25, 0.3) is 5.91 Å². The van der Waals surface area contributed by atoms with Crippen LogP contribution in [-0.2, 0) is 5.75 Å². The van der Waals surface area contributed by atoms with E-state index in [9.17, 15) is 4.79 Å². The van der Waals surface area contributed by atoms with Gasteiger partial charge in [-0.3, -0.25) is 4.79 Å². The Morgan fingerprint density at radius 1 is 0.941 bits per heavy atom. The maximum absolute atomic E-state index is 12.7. The molecule has 0 saturated heterocycles. The number of nitrogens with one attached hydrogen (secondary N) is 1. The second-order valence-corrected chi connectivity index (χ2v) is 10.5. The van der Waals surface area contributed by atoms with Crippen LogP contribution in [0.4, 0.5) is 5.69 Å². The average molecular weight is 501 g/mol. The van der Waals surface area contributed by atoms with E-state index in [0.717, 1.165) is 43.0 Å². The molecule has 0 aliphatic carbocycles. The van der Waals surface area contributed by atoms with Crippen molar-refractivity contribution >= 4 is 56.5 Å². The first-order valence-electron chi connectivity index (χ1n) is 10.8. The molecular formula is C28H21ClN2OS2. The molecule has 4 aromatic carbocycles. The summed E-state index contributed by atoms with van der Waals surface area (Å²) in [7, 11) is 0. The number of aryl methyl sites for hydroxylation is 1. The molecule has 1 N–H and O–H groups in total. The Morgan fingerprint density at radius 3 is 2.41 bits per heavy atom. The Bertz CT molecular complexity index is 1440. The molecule has 1 aromatic heterocycles. The number of hydrogen-bond donors (Lipinski definition) is 1. The van der Waals surface area contributed by atoms with Crippen molar-refractivity contribution in [2.45, 2.75) is 17.6 Å². The number of hydrogen-bond acceptors (Lipinski definition) is 4. The summed E-state index contributed by atoms with van der Waals surface area (Å²) in [6.45, 7) is 2.09. The number of anilines is 1. The van der Waals surface area contributed by atoms with Gasteiger partial charge in [0, 0.05) is 32.5 Å². The Labute approximate surface area is 211 Å². The first-order valence-corrected chi connectivity index (χ1v) is 13.0. The number of nitrogens with zero attached hydrogens (tertiary/aromatic N) is 1. The number of fused-ring (bicyclic) bond motifs is 1. The van der Waals surface area contributed by atoms with E-state index in [0.29, 0.717) is 5.56 Å². The van der Waals surface area contributed by atoms with Gasteiger partial charge in [0.05, 0.1) is 10.2 Å². The summed E-state index contributed by atoms with van der Waals surface area (Å²) in [4.78, 5) is 18.6. The van der Waals surface area contributed by atoms with Crippen LogP contribution >= 0.6 is 34.7 Å². The normalized spacial score (nSPS) is 11.0. The molecule has 0 atom stereocenters. The lowest BCUT2D eigenvalue weighted by molar-refractivity contribution is 0.102. The molecule has 0 unspecified atom stereocenters. The molecule has 168 valence electrons. The van der Waals surface area contributed by atoms with E-state index < -0.39 is 0 Å². The van der Waals surface area contributed by atoms with Crippen molar-refractivity contribution in [2.75, 3.05) is 5.32 Å². The number of halogens is 1. The summed E-state index contributed by atoms with van der Waals surface area (Å²) in [5.41, 5.74) is 5.83. The topological polar surface area (TPSA) is 42.0 Å². The van der Waals surface area contributed by atoms with Crippen molar-refractivity contribution in [1.82, 2.24) is 4.98 Å². The Hall–Kier alpha value is -3.12. The fourth-order valence-corrected chi connectivity index (χ4v) is 5.55. The van der Waals surface area contributed by atoms with E-state index in [4.69, 9.17) is 16.6 Å². The van der Waals surface area contributed by atoms with Gasteiger partial charge < -0.3 is 5.32 Å². The monoisotopic (exact) mass is 500 g/mol. The van der Waals surface area contributed by atoms with Gasteiger partial charge in [-0.05, 0) is 90.8 Å². The van der Waals surface area contributed by atoms with Crippen molar-refractivity contribution in [3.63, 3.8) is 0 Å². The van der Waals surface area contributed by atoms with Gasteiger partial charge in [-0.25, -0.2) is 4.98 Å². The second kappa shape index (κ2) is 10.0. The van der Waals surface area contributed by atoms with Crippen molar-refractivity contribution in [3.8, 4) is 10.6 Å². The molecule has 1 amide bonds. The Kier molecular flexibility index (Phi) is 6.68. The van der Waals surface area contributed by atoms with Crippen LogP contribution in [0.25, 0.3) is 20.8 Å². The van der Waals surface area contributed by atoms with E-state index in [1.807, 2.05) is 72.8 Å². The van der Waals surface area contributed by atoms with Crippen molar-refractivity contribution in [3.05, 3.63) is 113 Å². The first-order chi connectivity index (χ1) is 16.5. The molecule has 3 nitrogen and oxygen atoms in total. The van der Waals surface area contributed by atoms with Gasteiger partial charge >= 0.3 is 0 Å². The van der Waals surface area contributed by atoms with Gasteiger partial charge in [-0.2, -0.15) is 0 Å². The van der Waals surface area contributed by atoms with Crippen LogP contribution in [0.5, 0.6) is 0 Å². The largest absolute Gasteiger partial charge is 0.322 e. The Balaban J connectivity index is 1.21. The summed E-state index contributed by atoms with van der Waals surface area (Å²) >= 11 is 9.36. The highest BCUT2D eigenvalue weighted by Crippen LogP contribution is 2.31. The first kappa shape index (κ1) is 22.7. The third-order valence-corrected chi connectivity index (χ3v) is 7.77. The third kappa shape index (κ3) is 5.33. The summed E-state index contributed by atoms with van der Waals surface area (Å²) in [6.07, 6.45) is 0. The van der Waals surface area contributed by atoms with Crippen molar-refractivity contribution < 1.29 is 4.79 Å². The molecular weight excluding hydrogens is 480 g/mol. The summed E-state index contributed by atoms with van der Waals surface area (Å²) in [6, 6.07) is 29.7. The molecule has 5 rings (SSSR count). The number of thiazole rings is 1. The lowest BCUT2D eigenvalue weighted by Crippen LogP contribution is -2.11. The molecule has 0 fully saturated rings. The highest BCUT2D eigenvalue weighted by atomic mass is 35.5. The molecule has 0 radical (unpaired) electrons. The fourth-order valence-electron chi connectivity index (χ4n) is 3.50. The maximum atomic E-state index is 12.7. The zero-order valence-electron chi connectivity index (χ0n) is 18.4. The van der Waals surface area contributed by atoms with Crippen LogP contribution in [0.15, 0.2) is 95.9 Å². The molecule has 0 bridgehead atoms. The molecule has 0 aliphatic rings. The zero-order chi connectivity index (χ0) is 23.5. The predicted octanol–water partition coefficient (Wildman–Crippen LogP) is 8.47. The van der Waals surface area contributed by atoms with Crippen molar-refractivity contribution in [1.29, 1.82) is 0 Å². The van der Waals surface area contributed by atoms with Crippen LogP contribution in [0, 0.1) is 6.92 Å². The summed E-state index contributed by atoms with van der Waals surface area (Å²) in [5, 5.41) is 4.69. The fraction of sp³-hybridized carbons (Fsp3) is 0.0714. The van der Waals surface area contributed by atoms with Crippen LogP contribution in [0.2, 0.25) is 5.02 Å². The molecule has 1 heterocycles. The quantitative estimate of drug-likeness (QED) is 0.238. The SMILES string of the molecule is Cc1ccc2nc(-c3ccc(NC(=O)c4ccc(CSc5ccc(Cl)cc5)cc4)cc3)sc2c1. The van der Waals surface area contributed by atoms with E-state index >= 15 is 0 Å². The van der Waals surface area contributed by atoms with E-state index in [-0.39, 0.29) is 5.91 Å². The maximum Gasteiger partial charge on any atom is 0.255 e. The number of benzene rings is 4. The average Bonchev–Trinajstić information content (AvgIpc) is 3.28. The number of rotatable bonds is 6. The van der Waals surface area contributed by atoms with Gasteiger partial charge in [0.1, 0.15) is 5.01 Å². The highest BCUT2D eigenvalue weighted by Gasteiger charge is 2.09. The summed E-state index contributed by atoms with van der Waals surface area (Å²) in [5.74, 6) is 0.705. The standard InChI is InChI=1S/C28H21ClN2OS2/c1-18-2-15-25-26(16-18)34-28(31-25)21-7-11-23(12-8-21)30-27(32)20-5-3-19(4-6-20)17-33-24-13-9-22(29)10-14-24/h2-16H,17H2,1H3,(H,30,32). The minimum atomic E-state index is -0.125. The molecule has 0 spiro atoms. The van der Waals surface area contributed by atoms with E-state index in [2.05, 4.69) is 30.4 Å². The summed E-state index contributed by atoms with van der Waals surface area (Å²) < 4.78 is 1.18. The van der Waals surface area contributed by atoms with Gasteiger partial charge in [0.2, 0.25) is 0 Å². The van der Waals surface area contributed by atoms with E-state index in [1.165, 1.54) is 10.3 Å². The molecule has 34 heavy (non-hydrogen) atoms. The molecule has 5 aromatic rings. The third-order valence-electron chi connectivity index (χ3n) is 5.37. The molecule has 0 saturated carbocycles. The number of carbonyl (C=O) groups excluding carboxylic acids is 1. The number of carbonyl (C=O) groups is 1. The van der Waals surface area contributed by atoms with Crippen molar-refractivity contribution in [2.24, 2.45) is 0 Å². The zero-order valence-corrected chi connectivity index (χ0v) is 20.8. The Morgan fingerprint density at radius 2 is 1.68 bits per heavy atom. The number of thioether (sulfide) groups is 1. The van der Waals surface area contributed by atoms with Crippen LogP contribution in [0.1, 0.15) is 21.5 Å². The lowest BCUT2D eigenvalue weighted by atomic mass is 10.1. The smallest absolute Gasteiger partial charge is 0.255 e. The number of aromatic nitrogens is 1. The van der Waals surface area contributed by atoms with Gasteiger partial charge in [0.15, 0.2) is 0 Å². The molecule has 0 aliphatic heterocycles. The van der Waals surface area contributed by atoms with Gasteiger partial charge in [-0.15, -0.1) is 23.1 Å². The predicted molar refractivity (Wildman–Crippen MR) is 145 cm³/mol. The van der Waals surface area contributed by atoms with E-state index in [1.54, 1.807) is 23.1 Å². The lowest BCUT2D eigenvalue weighted by Gasteiger charge is -2.07. The van der Waals surface area contributed by atoms with Crippen LogP contribution in [0.3, 0.4) is 0 Å². The highest BCUT2D eigenvalue weighted by molar-refractivity contribution is 7.98. The minimum Gasteiger partial charge on any atom is -0.322 e. The number of amides is 1. The second-order valence-electron chi connectivity index (χ2n) is 7.96. The van der Waals surface area contributed by atoms with Crippen LogP contribution in [-0.4, -0.2) is 10.9 Å². The minimum absolute atomic E-state index is 0.125. The van der Waals surface area contributed by atoms with Gasteiger partial charge in [-0.1, -0.05) is 29.8 Å². The molecule has 6 heteroatoms. The van der Waals surface area contributed by atoms with Crippen LogP contribution < -0.4 is 5.32 Å².